The summed E-state index contributed by atoms with van der Waals surface area (Å²) in [6, 6.07) is 0. The van der Waals surface area contributed by atoms with Gasteiger partial charge in [0, 0.05) is 0 Å². The minimum atomic E-state index is -1.68. The molecule has 0 aromatic rings. The number of hydrogen-bond acceptors (Lipinski definition) is 2. The maximum atomic E-state index is 7.07. The van der Waals surface area contributed by atoms with Gasteiger partial charge >= 0.3 is 0 Å². The summed E-state index contributed by atoms with van der Waals surface area (Å²) in [4.78, 5) is 0. The van der Waals surface area contributed by atoms with E-state index in [1.165, 1.54) is 19.3 Å². The Morgan fingerprint density at radius 3 is 2.40 bits per heavy atom. The molecule has 10 heavy (non-hydrogen) atoms. The van der Waals surface area contributed by atoms with Gasteiger partial charge in [-0.15, -0.1) is 0 Å². The minimum Gasteiger partial charge on any atom is -0.332 e. The molecule has 60 valence electrons. The number of rotatable bonds is 2. The van der Waals surface area contributed by atoms with Gasteiger partial charge in [0.1, 0.15) is 8.09 Å². The van der Waals surface area contributed by atoms with Crippen LogP contribution in [0.2, 0.25) is 0 Å². The van der Waals surface area contributed by atoms with Gasteiger partial charge in [-0.3, -0.25) is 10.7 Å². The van der Waals surface area contributed by atoms with Crippen LogP contribution in [-0.4, -0.2) is 6.10 Å². The van der Waals surface area contributed by atoms with Crippen molar-refractivity contribution in [1.82, 2.24) is 0 Å². The van der Waals surface area contributed by atoms with Crippen LogP contribution < -0.4 is 5.50 Å². The third kappa shape index (κ3) is 2.82. The second-order valence-electron chi connectivity index (χ2n) is 2.74. The van der Waals surface area contributed by atoms with E-state index in [0.717, 1.165) is 12.8 Å². The van der Waals surface area contributed by atoms with Crippen molar-refractivity contribution in [3.63, 3.8) is 0 Å². The SMILES string of the molecule is N=[PH](N)OC1CCCCC1. The van der Waals surface area contributed by atoms with Gasteiger partial charge in [0.05, 0.1) is 6.10 Å². The Balaban J connectivity index is 2.19. The highest BCUT2D eigenvalue weighted by molar-refractivity contribution is 7.37. The van der Waals surface area contributed by atoms with Crippen molar-refractivity contribution >= 4 is 8.09 Å². The van der Waals surface area contributed by atoms with E-state index in [0.29, 0.717) is 6.10 Å². The zero-order valence-electron chi connectivity index (χ0n) is 6.10. The fourth-order valence-corrected chi connectivity index (χ4v) is 1.96. The Kier molecular flexibility index (Phi) is 3.40. The second kappa shape index (κ2) is 4.12. The Labute approximate surface area is 62.3 Å². The lowest BCUT2D eigenvalue weighted by atomic mass is 9.98. The van der Waals surface area contributed by atoms with Gasteiger partial charge in [-0.2, -0.15) is 0 Å². The highest BCUT2D eigenvalue weighted by Gasteiger charge is 2.13. The summed E-state index contributed by atoms with van der Waals surface area (Å²) in [6.07, 6.45) is 6.36. The topological polar surface area (TPSA) is 59.1 Å². The molecule has 1 rings (SSSR count). The predicted molar refractivity (Wildman–Crippen MR) is 43.2 cm³/mol. The molecule has 0 saturated heterocycles. The first-order chi connectivity index (χ1) is 4.79. The van der Waals surface area contributed by atoms with Gasteiger partial charge in [0.2, 0.25) is 0 Å². The predicted octanol–water partition coefficient (Wildman–Crippen LogP) is 2.10. The molecule has 3 N–H and O–H groups in total. The first-order valence-electron chi connectivity index (χ1n) is 3.79. The van der Waals surface area contributed by atoms with E-state index in [2.05, 4.69) is 0 Å². The summed E-state index contributed by atoms with van der Waals surface area (Å²) in [5.74, 6) is 0. The molecule has 3 nitrogen and oxygen atoms in total. The molecule has 0 heterocycles. The van der Waals surface area contributed by atoms with E-state index in [4.69, 9.17) is 15.2 Å². The summed E-state index contributed by atoms with van der Waals surface area (Å²) in [5, 5.41) is 7.07. The average Bonchev–Trinajstić information content (AvgIpc) is 1.88. The molecule has 0 amide bonds. The van der Waals surface area contributed by atoms with Gasteiger partial charge in [0.15, 0.2) is 0 Å². The van der Waals surface area contributed by atoms with Crippen LogP contribution in [0.25, 0.3) is 0 Å². The standard InChI is InChI=1S/C6H15N2OP/c7-10(8)9-6-4-2-1-3-5-6/h6,10H,1-5H2,(H3,7,8). The van der Waals surface area contributed by atoms with Crippen LogP contribution in [0.3, 0.4) is 0 Å². The third-order valence-electron chi connectivity index (χ3n) is 1.85. The first kappa shape index (κ1) is 8.25. The Morgan fingerprint density at radius 2 is 1.90 bits per heavy atom. The van der Waals surface area contributed by atoms with Crippen LogP contribution in [0.5, 0.6) is 0 Å². The van der Waals surface area contributed by atoms with E-state index >= 15 is 0 Å². The van der Waals surface area contributed by atoms with Crippen molar-refractivity contribution in [3.8, 4) is 0 Å². The first-order valence-corrected chi connectivity index (χ1v) is 5.28. The van der Waals surface area contributed by atoms with Gasteiger partial charge < -0.3 is 4.52 Å². The molecule has 1 fully saturated rings. The summed E-state index contributed by atoms with van der Waals surface area (Å²) >= 11 is 0. The van der Waals surface area contributed by atoms with Crippen LogP contribution in [0.15, 0.2) is 0 Å². The molecule has 1 aliphatic carbocycles. The van der Waals surface area contributed by atoms with Crippen LogP contribution >= 0.6 is 8.09 Å². The highest BCUT2D eigenvalue weighted by Crippen LogP contribution is 2.26. The Bertz CT molecular complexity index is 123. The van der Waals surface area contributed by atoms with Crippen molar-refractivity contribution in [2.24, 2.45) is 5.50 Å². The fourth-order valence-electron chi connectivity index (χ4n) is 1.36. The maximum absolute atomic E-state index is 7.07. The maximum Gasteiger partial charge on any atom is 0.132 e. The highest BCUT2D eigenvalue weighted by atomic mass is 31.1. The van der Waals surface area contributed by atoms with Crippen LogP contribution in [0.4, 0.5) is 0 Å². The van der Waals surface area contributed by atoms with E-state index in [1.54, 1.807) is 0 Å². The van der Waals surface area contributed by atoms with Gasteiger partial charge in [-0.1, -0.05) is 19.3 Å². The van der Waals surface area contributed by atoms with Crippen LogP contribution in [0.1, 0.15) is 32.1 Å². The third-order valence-corrected chi connectivity index (χ3v) is 2.43. The lowest BCUT2D eigenvalue weighted by Crippen LogP contribution is -2.13. The van der Waals surface area contributed by atoms with Crippen molar-refractivity contribution in [2.45, 2.75) is 38.2 Å². The van der Waals surface area contributed by atoms with Gasteiger partial charge in [0.25, 0.3) is 0 Å². The summed E-state index contributed by atoms with van der Waals surface area (Å²) in [7, 11) is -1.68. The van der Waals surface area contributed by atoms with E-state index in [-0.39, 0.29) is 0 Å². The quantitative estimate of drug-likeness (QED) is 0.611. The molecule has 0 aliphatic heterocycles. The monoisotopic (exact) mass is 162 g/mol. The fraction of sp³-hybridized carbons (Fsp3) is 1.00. The minimum absolute atomic E-state index is 0.310. The molecule has 1 aliphatic rings. The number of hydrogen-bond donors (Lipinski definition) is 2. The van der Waals surface area contributed by atoms with Crippen molar-refractivity contribution in [1.29, 1.82) is 5.16 Å². The Hall–Kier alpha value is 0.150. The molecule has 0 aromatic carbocycles. The lowest BCUT2D eigenvalue weighted by molar-refractivity contribution is 0.175. The second-order valence-corrected chi connectivity index (χ2v) is 3.71. The largest absolute Gasteiger partial charge is 0.332 e. The van der Waals surface area contributed by atoms with Gasteiger partial charge in [-0.25, -0.2) is 0 Å². The smallest absolute Gasteiger partial charge is 0.132 e. The van der Waals surface area contributed by atoms with Crippen LogP contribution in [0, 0.1) is 5.16 Å². The normalized spacial score (nSPS) is 24.5. The lowest BCUT2D eigenvalue weighted by Gasteiger charge is -2.21. The molecular weight excluding hydrogens is 147 g/mol. The molecule has 0 spiro atoms. The van der Waals surface area contributed by atoms with E-state index in [1.807, 2.05) is 0 Å². The van der Waals surface area contributed by atoms with Gasteiger partial charge in [-0.05, 0) is 12.8 Å². The van der Waals surface area contributed by atoms with Crippen LogP contribution in [-0.2, 0) is 4.52 Å². The molecule has 0 bridgehead atoms. The average molecular weight is 162 g/mol. The number of nitrogens with one attached hydrogen (secondary N) is 1. The molecule has 1 unspecified atom stereocenters. The van der Waals surface area contributed by atoms with Crippen molar-refractivity contribution < 1.29 is 4.52 Å². The summed E-state index contributed by atoms with van der Waals surface area (Å²) < 4.78 is 5.24. The molecular formula is C6H15N2OP. The molecule has 1 saturated carbocycles. The zero-order chi connectivity index (χ0) is 7.40. The summed E-state index contributed by atoms with van der Waals surface area (Å²) in [6.45, 7) is 0. The zero-order valence-corrected chi connectivity index (χ0v) is 7.10. The van der Waals surface area contributed by atoms with Crippen molar-refractivity contribution in [3.05, 3.63) is 0 Å². The molecule has 1 atom stereocenters. The number of nitrogens with two attached hydrogens (primary N) is 1. The van der Waals surface area contributed by atoms with Crippen molar-refractivity contribution in [2.75, 3.05) is 0 Å². The van der Waals surface area contributed by atoms with E-state index < -0.39 is 8.09 Å². The molecule has 0 aromatic heterocycles. The Morgan fingerprint density at radius 1 is 1.30 bits per heavy atom. The summed E-state index contributed by atoms with van der Waals surface area (Å²) in [5.41, 5.74) is 5.27. The molecule has 4 heteroatoms. The molecule has 0 radical (unpaired) electrons. The van der Waals surface area contributed by atoms with E-state index in [9.17, 15) is 0 Å².